The fourth-order valence-electron chi connectivity index (χ4n) is 4.50. The third-order valence-corrected chi connectivity index (χ3v) is 5.92. The number of fused-ring (bicyclic) bond motifs is 3. The summed E-state index contributed by atoms with van der Waals surface area (Å²) < 4.78 is 0. The number of anilines is 3. The summed E-state index contributed by atoms with van der Waals surface area (Å²) >= 11 is 0. The van der Waals surface area contributed by atoms with Crippen LogP contribution in [0.3, 0.4) is 0 Å². The minimum Gasteiger partial charge on any atom is -0.322 e. The number of nitrogens with zero attached hydrogens (tertiary/aromatic N) is 4. The fourth-order valence-corrected chi connectivity index (χ4v) is 4.50. The largest absolute Gasteiger partial charge is 0.330 e. The molecule has 138 valence electrons. The molecule has 7 heteroatoms. The van der Waals surface area contributed by atoms with Crippen LogP contribution in [0.4, 0.5) is 22.0 Å². The molecule has 0 bridgehead atoms. The van der Waals surface area contributed by atoms with Crippen LogP contribution in [-0.4, -0.2) is 59.4 Å². The van der Waals surface area contributed by atoms with E-state index in [-0.39, 0.29) is 11.9 Å². The summed E-state index contributed by atoms with van der Waals surface area (Å²) in [6, 6.07) is 11.0. The number of pyridine rings is 1. The minimum atomic E-state index is -0.229. The number of amides is 3. The average Bonchev–Trinajstić information content (AvgIpc) is 3.22. The molecular formula is C20H21N5O2. The van der Waals surface area contributed by atoms with Crippen LogP contribution in [0.1, 0.15) is 16.8 Å². The van der Waals surface area contributed by atoms with Crippen LogP contribution in [0.25, 0.3) is 0 Å². The van der Waals surface area contributed by atoms with E-state index >= 15 is 0 Å². The van der Waals surface area contributed by atoms with E-state index in [0.717, 1.165) is 19.5 Å². The molecule has 1 aromatic heterocycles. The van der Waals surface area contributed by atoms with Gasteiger partial charge in [-0.1, -0.05) is 12.1 Å². The van der Waals surface area contributed by atoms with Crippen molar-refractivity contribution in [2.75, 3.05) is 36.9 Å². The lowest BCUT2D eigenvalue weighted by Gasteiger charge is -2.29. The molecule has 3 aliphatic heterocycles. The van der Waals surface area contributed by atoms with Crippen molar-refractivity contribution in [3.05, 3.63) is 48.2 Å². The first-order chi connectivity index (χ1) is 13.1. The van der Waals surface area contributed by atoms with Crippen LogP contribution in [0.2, 0.25) is 0 Å². The summed E-state index contributed by atoms with van der Waals surface area (Å²) in [5.74, 6) is 0.753. The van der Waals surface area contributed by atoms with Crippen LogP contribution in [-0.2, 0) is 0 Å². The van der Waals surface area contributed by atoms with E-state index < -0.39 is 0 Å². The number of hydrogen-bond acceptors (Lipinski definition) is 4. The number of benzene rings is 1. The molecule has 3 aliphatic rings. The van der Waals surface area contributed by atoms with E-state index in [1.165, 1.54) is 0 Å². The molecule has 5 rings (SSSR count). The Balaban J connectivity index is 1.58. The lowest BCUT2D eigenvalue weighted by Crippen LogP contribution is -2.42. The second-order valence-electron chi connectivity index (χ2n) is 7.47. The van der Waals surface area contributed by atoms with E-state index in [4.69, 9.17) is 0 Å². The molecule has 2 fully saturated rings. The van der Waals surface area contributed by atoms with Gasteiger partial charge in [-0.25, -0.2) is 14.7 Å². The van der Waals surface area contributed by atoms with Gasteiger partial charge in [0.05, 0.1) is 16.9 Å². The van der Waals surface area contributed by atoms with Crippen molar-refractivity contribution in [1.29, 1.82) is 0 Å². The fraction of sp³-hybridized carbons (Fsp3) is 0.350. The molecule has 7 nitrogen and oxygen atoms in total. The lowest BCUT2D eigenvalue weighted by molar-refractivity contribution is 0.102. The molecule has 27 heavy (non-hydrogen) atoms. The van der Waals surface area contributed by atoms with Crippen molar-refractivity contribution in [2.45, 2.75) is 12.5 Å². The van der Waals surface area contributed by atoms with E-state index in [1.807, 2.05) is 11.0 Å². The van der Waals surface area contributed by atoms with Crippen LogP contribution in [0, 0.1) is 5.92 Å². The SMILES string of the molecule is CN1CCC2CN(C(=O)N3c4ccccc4C(=O)Nc4cccnc43)CC21. The van der Waals surface area contributed by atoms with E-state index in [2.05, 4.69) is 22.2 Å². The van der Waals surface area contributed by atoms with Crippen molar-refractivity contribution in [1.82, 2.24) is 14.8 Å². The summed E-state index contributed by atoms with van der Waals surface area (Å²) in [7, 11) is 2.12. The Morgan fingerprint density at radius 3 is 2.89 bits per heavy atom. The van der Waals surface area contributed by atoms with Gasteiger partial charge in [0, 0.05) is 25.3 Å². The van der Waals surface area contributed by atoms with Crippen LogP contribution in [0.5, 0.6) is 0 Å². The van der Waals surface area contributed by atoms with Gasteiger partial charge in [0.1, 0.15) is 0 Å². The first kappa shape index (κ1) is 16.3. The number of urea groups is 1. The Morgan fingerprint density at radius 2 is 2.04 bits per heavy atom. The third-order valence-electron chi connectivity index (χ3n) is 5.92. The van der Waals surface area contributed by atoms with Gasteiger partial charge in [-0.3, -0.25) is 4.79 Å². The number of likely N-dealkylation sites (N-methyl/N-ethyl adjacent to an activating group) is 1. The Hall–Kier alpha value is -2.93. The molecule has 0 aliphatic carbocycles. The topological polar surface area (TPSA) is 68.8 Å². The molecule has 0 radical (unpaired) electrons. The summed E-state index contributed by atoms with van der Waals surface area (Å²) in [5, 5.41) is 2.88. The monoisotopic (exact) mass is 363 g/mol. The van der Waals surface area contributed by atoms with Crippen molar-refractivity contribution in [3.8, 4) is 0 Å². The summed E-state index contributed by atoms with van der Waals surface area (Å²) in [5.41, 5.74) is 1.59. The highest BCUT2D eigenvalue weighted by Crippen LogP contribution is 2.38. The first-order valence-corrected chi connectivity index (χ1v) is 9.28. The number of nitrogens with one attached hydrogen (secondary N) is 1. The van der Waals surface area contributed by atoms with Gasteiger partial charge in [-0.2, -0.15) is 0 Å². The molecule has 2 atom stereocenters. The smallest absolute Gasteiger partial charge is 0.322 e. The second kappa shape index (κ2) is 6.06. The van der Waals surface area contributed by atoms with Gasteiger partial charge in [0.15, 0.2) is 5.82 Å². The molecule has 2 unspecified atom stereocenters. The third kappa shape index (κ3) is 2.49. The van der Waals surface area contributed by atoms with Crippen LogP contribution >= 0.6 is 0 Å². The number of para-hydroxylation sites is 1. The summed E-state index contributed by atoms with van der Waals surface area (Å²) in [4.78, 5) is 36.5. The zero-order valence-corrected chi connectivity index (χ0v) is 15.1. The predicted octanol–water partition coefficient (Wildman–Crippen LogP) is 2.54. The highest BCUT2D eigenvalue weighted by atomic mass is 16.2. The Labute approximate surface area is 157 Å². The second-order valence-corrected chi connectivity index (χ2v) is 7.47. The molecule has 1 aromatic carbocycles. The number of aromatic nitrogens is 1. The molecule has 2 saturated heterocycles. The van der Waals surface area contributed by atoms with E-state index in [0.29, 0.717) is 41.3 Å². The molecule has 1 N–H and O–H groups in total. The molecule has 4 heterocycles. The zero-order valence-electron chi connectivity index (χ0n) is 15.1. The maximum atomic E-state index is 13.6. The van der Waals surface area contributed by atoms with Gasteiger partial charge in [-0.05, 0) is 50.2 Å². The molecule has 0 saturated carbocycles. The summed E-state index contributed by atoms with van der Waals surface area (Å²) in [6.07, 6.45) is 2.77. The van der Waals surface area contributed by atoms with Crippen molar-refractivity contribution in [2.24, 2.45) is 5.92 Å². The zero-order chi connectivity index (χ0) is 18.5. The Bertz CT molecular complexity index is 930. The van der Waals surface area contributed by atoms with Gasteiger partial charge in [0.25, 0.3) is 5.91 Å². The maximum Gasteiger partial charge on any atom is 0.330 e. The molecule has 3 amide bonds. The molecule has 2 aromatic rings. The highest BCUT2D eigenvalue weighted by molar-refractivity contribution is 6.16. The first-order valence-electron chi connectivity index (χ1n) is 9.28. The van der Waals surface area contributed by atoms with Crippen molar-refractivity contribution >= 4 is 29.1 Å². The van der Waals surface area contributed by atoms with E-state index in [1.54, 1.807) is 41.4 Å². The van der Waals surface area contributed by atoms with Crippen molar-refractivity contribution in [3.63, 3.8) is 0 Å². The minimum absolute atomic E-state index is 0.123. The van der Waals surface area contributed by atoms with Gasteiger partial charge >= 0.3 is 6.03 Å². The van der Waals surface area contributed by atoms with Gasteiger partial charge in [0.2, 0.25) is 0 Å². The van der Waals surface area contributed by atoms with Gasteiger partial charge in [-0.15, -0.1) is 0 Å². The normalized spacial score (nSPS) is 24.1. The number of carbonyl (C=O) groups is 2. The maximum absolute atomic E-state index is 13.6. The standard InChI is InChI=1S/C20H21N5O2/c1-23-10-8-13-11-24(12-17(13)23)20(27)25-16-7-3-2-5-14(16)19(26)22-15-6-4-9-21-18(15)25/h2-7,9,13,17H,8,10-12H2,1H3,(H,22,26). The Kier molecular flexibility index (Phi) is 3.65. The van der Waals surface area contributed by atoms with Crippen LogP contribution in [0.15, 0.2) is 42.6 Å². The van der Waals surface area contributed by atoms with Crippen LogP contribution < -0.4 is 10.2 Å². The quantitative estimate of drug-likeness (QED) is 0.781. The Morgan fingerprint density at radius 1 is 1.19 bits per heavy atom. The molecular weight excluding hydrogens is 342 g/mol. The van der Waals surface area contributed by atoms with E-state index in [9.17, 15) is 9.59 Å². The number of rotatable bonds is 0. The molecule has 0 spiro atoms. The number of likely N-dealkylation sites (tertiary alicyclic amines) is 2. The lowest BCUT2D eigenvalue weighted by atomic mass is 10.1. The highest BCUT2D eigenvalue weighted by Gasteiger charge is 2.43. The number of carbonyl (C=O) groups excluding carboxylic acids is 2. The average molecular weight is 363 g/mol. The number of hydrogen-bond donors (Lipinski definition) is 1. The predicted molar refractivity (Wildman–Crippen MR) is 102 cm³/mol. The van der Waals surface area contributed by atoms with Gasteiger partial charge < -0.3 is 15.1 Å². The van der Waals surface area contributed by atoms with Crippen molar-refractivity contribution < 1.29 is 9.59 Å². The summed E-state index contributed by atoms with van der Waals surface area (Å²) in [6.45, 7) is 2.55.